The summed E-state index contributed by atoms with van der Waals surface area (Å²) < 4.78 is 5.92. The molecule has 1 saturated heterocycles. The summed E-state index contributed by atoms with van der Waals surface area (Å²) in [7, 11) is 1.89. The number of nitrogens with zero attached hydrogens (tertiary/aromatic N) is 2. The molecule has 1 fully saturated rings. The second-order valence-electron chi connectivity index (χ2n) is 7.94. The minimum absolute atomic E-state index is 0.351. The van der Waals surface area contributed by atoms with Gasteiger partial charge in [0.2, 0.25) is 0 Å². The summed E-state index contributed by atoms with van der Waals surface area (Å²) in [6, 6.07) is 21.5. The van der Waals surface area contributed by atoms with Crippen molar-refractivity contribution in [2.24, 2.45) is 5.92 Å². The lowest BCUT2D eigenvalue weighted by atomic mass is 9.90. The van der Waals surface area contributed by atoms with E-state index >= 15 is 0 Å². The molecule has 3 rings (SSSR count). The van der Waals surface area contributed by atoms with Gasteiger partial charge in [0.05, 0.1) is 6.10 Å². The van der Waals surface area contributed by atoms with Crippen molar-refractivity contribution in [3.63, 3.8) is 0 Å². The lowest BCUT2D eigenvalue weighted by Gasteiger charge is -2.39. The first-order chi connectivity index (χ1) is 13.8. The van der Waals surface area contributed by atoms with Crippen LogP contribution >= 0.6 is 0 Å². The van der Waals surface area contributed by atoms with Crippen LogP contribution in [0, 0.1) is 5.92 Å². The molecule has 0 N–H and O–H groups in total. The van der Waals surface area contributed by atoms with E-state index in [0.29, 0.717) is 12.0 Å². The molecule has 3 nitrogen and oxygen atoms in total. The average molecular weight is 381 g/mol. The topological polar surface area (TPSA) is 15.7 Å². The highest BCUT2D eigenvalue weighted by Gasteiger charge is 2.29. The zero-order chi connectivity index (χ0) is 19.6. The first-order valence-corrected chi connectivity index (χ1v) is 10.9. The molecule has 3 heteroatoms. The monoisotopic (exact) mass is 380 g/mol. The lowest BCUT2D eigenvalue weighted by molar-refractivity contribution is -0.0135. The van der Waals surface area contributed by atoms with Crippen molar-refractivity contribution in [2.75, 3.05) is 38.2 Å². The van der Waals surface area contributed by atoms with Crippen molar-refractivity contribution in [1.82, 2.24) is 4.90 Å². The Morgan fingerprint density at radius 3 is 2.18 bits per heavy atom. The van der Waals surface area contributed by atoms with E-state index in [0.717, 1.165) is 19.5 Å². The smallest absolute Gasteiger partial charge is 0.0727 e. The van der Waals surface area contributed by atoms with E-state index < -0.39 is 0 Å². The molecule has 0 unspecified atom stereocenters. The van der Waals surface area contributed by atoms with Crippen LogP contribution < -0.4 is 4.90 Å². The minimum atomic E-state index is 0.351. The molecule has 0 amide bonds. The number of ether oxygens (including phenoxy) is 1. The minimum Gasteiger partial charge on any atom is -0.380 e. The van der Waals surface area contributed by atoms with Crippen LogP contribution in [0.3, 0.4) is 0 Å². The van der Waals surface area contributed by atoms with Crippen molar-refractivity contribution in [3.8, 4) is 0 Å². The van der Waals surface area contributed by atoms with Gasteiger partial charge >= 0.3 is 0 Å². The average Bonchev–Trinajstić information content (AvgIpc) is 2.76. The lowest BCUT2D eigenvalue weighted by Crippen LogP contribution is -2.45. The zero-order valence-electron chi connectivity index (χ0n) is 17.6. The maximum atomic E-state index is 5.92. The molecule has 1 aliphatic rings. The molecular formula is C25H36N2O. The summed E-state index contributed by atoms with van der Waals surface area (Å²) >= 11 is 0. The molecule has 0 saturated carbocycles. The van der Waals surface area contributed by atoms with Gasteiger partial charge in [0.1, 0.15) is 0 Å². The maximum Gasteiger partial charge on any atom is 0.0727 e. The molecule has 28 heavy (non-hydrogen) atoms. The van der Waals surface area contributed by atoms with E-state index in [1.165, 1.54) is 50.1 Å². The molecule has 1 aliphatic heterocycles. The number of hydrogen-bond acceptors (Lipinski definition) is 3. The molecular weight excluding hydrogens is 344 g/mol. The number of benzene rings is 2. The summed E-state index contributed by atoms with van der Waals surface area (Å²) in [5.41, 5.74) is 2.53. The van der Waals surface area contributed by atoms with Gasteiger partial charge < -0.3 is 14.5 Å². The van der Waals surface area contributed by atoms with Crippen LogP contribution in [-0.2, 0) is 4.74 Å². The van der Waals surface area contributed by atoms with Crippen molar-refractivity contribution >= 4 is 11.4 Å². The van der Waals surface area contributed by atoms with Gasteiger partial charge in [-0.1, -0.05) is 56.2 Å². The van der Waals surface area contributed by atoms with Gasteiger partial charge in [0.25, 0.3) is 0 Å². The highest BCUT2D eigenvalue weighted by atomic mass is 16.5. The number of anilines is 2. The first kappa shape index (κ1) is 20.9. The van der Waals surface area contributed by atoms with E-state index in [9.17, 15) is 0 Å². The summed E-state index contributed by atoms with van der Waals surface area (Å²) in [6.07, 6.45) is 6.68. The Balaban J connectivity index is 1.61. The Labute approximate surface area is 171 Å². The van der Waals surface area contributed by atoms with Crippen molar-refractivity contribution < 1.29 is 4.74 Å². The predicted octanol–water partition coefficient (Wildman–Crippen LogP) is 5.74. The van der Waals surface area contributed by atoms with Crippen LogP contribution in [-0.4, -0.2) is 44.3 Å². The number of methoxy groups -OCH3 is 1. The number of hydrogen-bond donors (Lipinski definition) is 0. The van der Waals surface area contributed by atoms with Crippen LogP contribution in [0.25, 0.3) is 0 Å². The fourth-order valence-electron chi connectivity index (χ4n) is 4.33. The molecule has 2 atom stereocenters. The van der Waals surface area contributed by atoms with Gasteiger partial charge in [0, 0.05) is 31.6 Å². The Hall–Kier alpha value is -1.84. The predicted molar refractivity (Wildman–Crippen MR) is 119 cm³/mol. The second-order valence-corrected chi connectivity index (χ2v) is 7.94. The number of likely N-dealkylation sites (tertiary alicyclic amines) is 1. The maximum absolute atomic E-state index is 5.92. The molecule has 0 spiro atoms. The van der Waals surface area contributed by atoms with Crippen molar-refractivity contribution in [2.45, 2.75) is 45.1 Å². The second kappa shape index (κ2) is 11.2. The standard InChI is InChI=1S/C25H36N2O/c1-3-4-11-18-26-19-16-22(25(21-26)28-2)17-20-27(23-12-7-5-8-13-23)24-14-9-6-10-15-24/h5-10,12-15,22,25H,3-4,11,16-21H2,1-2H3/t22-,25-/m1/s1. The van der Waals surface area contributed by atoms with E-state index in [-0.39, 0.29) is 0 Å². The molecule has 0 radical (unpaired) electrons. The van der Waals surface area contributed by atoms with Crippen LogP contribution in [0.4, 0.5) is 11.4 Å². The summed E-state index contributed by atoms with van der Waals surface area (Å²) in [4.78, 5) is 5.05. The number of piperidine rings is 1. The third-order valence-electron chi connectivity index (χ3n) is 6.02. The van der Waals surface area contributed by atoms with E-state index in [4.69, 9.17) is 4.74 Å². The molecule has 0 bridgehead atoms. The third kappa shape index (κ3) is 5.83. The Kier molecular flexibility index (Phi) is 8.38. The molecule has 0 aliphatic carbocycles. The van der Waals surface area contributed by atoms with Gasteiger partial charge in [-0.15, -0.1) is 0 Å². The quantitative estimate of drug-likeness (QED) is 0.489. The molecule has 0 aromatic heterocycles. The Bertz CT molecular complexity index is 621. The highest BCUT2D eigenvalue weighted by molar-refractivity contribution is 5.62. The van der Waals surface area contributed by atoms with Gasteiger partial charge in [-0.3, -0.25) is 0 Å². The van der Waals surface area contributed by atoms with Crippen LogP contribution in [0.2, 0.25) is 0 Å². The fourth-order valence-corrected chi connectivity index (χ4v) is 4.33. The third-order valence-corrected chi connectivity index (χ3v) is 6.02. The molecule has 152 valence electrons. The summed E-state index contributed by atoms with van der Waals surface area (Å²) in [6.45, 7) is 6.82. The summed E-state index contributed by atoms with van der Waals surface area (Å²) in [5, 5.41) is 0. The van der Waals surface area contributed by atoms with Gasteiger partial charge in [0.15, 0.2) is 0 Å². The van der Waals surface area contributed by atoms with Gasteiger partial charge in [-0.2, -0.15) is 0 Å². The van der Waals surface area contributed by atoms with Crippen molar-refractivity contribution in [1.29, 1.82) is 0 Å². The normalized spacial score (nSPS) is 20.2. The summed E-state index contributed by atoms with van der Waals surface area (Å²) in [5.74, 6) is 0.627. The van der Waals surface area contributed by atoms with E-state index in [1.54, 1.807) is 0 Å². The van der Waals surface area contributed by atoms with E-state index in [1.807, 2.05) is 7.11 Å². The Morgan fingerprint density at radius 2 is 1.61 bits per heavy atom. The van der Waals surface area contributed by atoms with Gasteiger partial charge in [-0.05, 0) is 62.5 Å². The van der Waals surface area contributed by atoms with Crippen LogP contribution in [0.5, 0.6) is 0 Å². The van der Waals surface area contributed by atoms with Crippen LogP contribution in [0.1, 0.15) is 39.0 Å². The fraction of sp³-hybridized carbons (Fsp3) is 0.520. The largest absolute Gasteiger partial charge is 0.380 e. The zero-order valence-corrected chi connectivity index (χ0v) is 17.6. The number of rotatable bonds is 10. The van der Waals surface area contributed by atoms with Gasteiger partial charge in [-0.25, -0.2) is 0 Å². The van der Waals surface area contributed by atoms with Crippen molar-refractivity contribution in [3.05, 3.63) is 60.7 Å². The highest BCUT2D eigenvalue weighted by Crippen LogP contribution is 2.29. The SMILES string of the molecule is CCCCCN1CC[C@H](CCN(c2ccccc2)c2ccccc2)[C@H](OC)C1. The first-order valence-electron chi connectivity index (χ1n) is 10.9. The molecule has 2 aromatic rings. The number of unbranched alkanes of at least 4 members (excludes halogenated alkanes) is 2. The Morgan fingerprint density at radius 1 is 0.964 bits per heavy atom. The molecule has 1 heterocycles. The molecule has 2 aromatic carbocycles. The van der Waals surface area contributed by atoms with E-state index in [2.05, 4.69) is 77.4 Å². The number of para-hydroxylation sites is 2. The van der Waals surface area contributed by atoms with Crippen LogP contribution in [0.15, 0.2) is 60.7 Å².